The number of para-hydroxylation sites is 1. The van der Waals surface area contributed by atoms with E-state index in [2.05, 4.69) is 36.2 Å². The number of aromatic nitrogens is 1. The van der Waals surface area contributed by atoms with Gasteiger partial charge in [-0.25, -0.2) is 0 Å². The third-order valence-corrected chi connectivity index (χ3v) is 7.54. The lowest BCUT2D eigenvalue weighted by molar-refractivity contribution is -0.144. The maximum atomic E-state index is 13.7. The summed E-state index contributed by atoms with van der Waals surface area (Å²) in [6, 6.07) is 19.7. The minimum atomic E-state index is -0.455. The van der Waals surface area contributed by atoms with Crippen LogP contribution < -0.4 is 0 Å². The predicted octanol–water partition coefficient (Wildman–Crippen LogP) is 4.19. The van der Waals surface area contributed by atoms with Crippen molar-refractivity contribution < 1.29 is 14.3 Å². The van der Waals surface area contributed by atoms with Gasteiger partial charge in [-0.05, 0) is 43.0 Å². The van der Waals surface area contributed by atoms with Gasteiger partial charge in [0.15, 0.2) is 0 Å². The molecule has 0 N–H and O–H groups in total. The van der Waals surface area contributed by atoms with Crippen molar-refractivity contribution in [3.63, 3.8) is 0 Å². The second-order valence-electron chi connectivity index (χ2n) is 10.1. The van der Waals surface area contributed by atoms with Crippen LogP contribution in [0.15, 0.2) is 66.9 Å². The van der Waals surface area contributed by atoms with Crippen molar-refractivity contribution >= 4 is 22.7 Å². The Kier molecular flexibility index (Phi) is 6.82. The zero-order valence-electron chi connectivity index (χ0n) is 20.4. The fourth-order valence-corrected chi connectivity index (χ4v) is 5.39. The zero-order chi connectivity index (χ0) is 24.3. The quantitative estimate of drug-likeness (QED) is 0.572. The molecule has 6 heteroatoms. The fourth-order valence-electron chi connectivity index (χ4n) is 5.39. The van der Waals surface area contributed by atoms with Gasteiger partial charge in [0.05, 0.1) is 18.7 Å². The molecule has 3 heterocycles. The number of carbonyl (C=O) groups excluding carboxylic acids is 2. The van der Waals surface area contributed by atoms with Crippen LogP contribution in [0.5, 0.6) is 0 Å². The van der Waals surface area contributed by atoms with E-state index in [4.69, 9.17) is 4.74 Å². The maximum Gasteiger partial charge on any atom is 0.253 e. The second kappa shape index (κ2) is 10.2. The number of ether oxygens (including phenoxy) is 1. The van der Waals surface area contributed by atoms with Crippen molar-refractivity contribution in [3.05, 3.63) is 78.0 Å². The molecule has 2 aromatic carbocycles. The van der Waals surface area contributed by atoms with E-state index < -0.39 is 5.41 Å². The first-order chi connectivity index (χ1) is 17.0. The third kappa shape index (κ3) is 5.08. The summed E-state index contributed by atoms with van der Waals surface area (Å²) < 4.78 is 5.92. The van der Waals surface area contributed by atoms with Gasteiger partial charge in [-0.3, -0.25) is 14.6 Å². The molecule has 2 saturated heterocycles. The lowest BCUT2D eigenvalue weighted by Crippen LogP contribution is -2.51. The number of hydrogen-bond acceptors (Lipinski definition) is 4. The van der Waals surface area contributed by atoms with Gasteiger partial charge in [0.1, 0.15) is 0 Å². The van der Waals surface area contributed by atoms with Crippen LogP contribution in [0, 0.1) is 11.3 Å². The molecule has 6 nitrogen and oxygen atoms in total. The number of benzene rings is 2. The Morgan fingerprint density at radius 1 is 0.971 bits per heavy atom. The average Bonchev–Trinajstić information content (AvgIpc) is 3.14. The molecule has 2 aliphatic heterocycles. The molecule has 1 atom stereocenters. The summed E-state index contributed by atoms with van der Waals surface area (Å²) in [5.41, 5.74) is 2.48. The van der Waals surface area contributed by atoms with Gasteiger partial charge >= 0.3 is 0 Å². The monoisotopic (exact) mass is 471 g/mol. The van der Waals surface area contributed by atoms with Gasteiger partial charge < -0.3 is 14.5 Å². The standard InChI is InChI=1S/C29H33N3O3/c1-29(12-15-31(16-13-29)27(33)24-7-3-2-4-8-24)28(34)32-17-18-35-21-22(20-32)19-25-10-5-9-23-11-6-14-30-26(23)25/h2-11,14,22H,12-13,15-21H2,1H3/t22-/m1/s1. The maximum absolute atomic E-state index is 13.7. The Hall–Kier alpha value is -3.25. The molecule has 0 radical (unpaired) electrons. The minimum Gasteiger partial charge on any atom is -0.379 e. The number of carbonyl (C=O) groups is 2. The summed E-state index contributed by atoms with van der Waals surface area (Å²) in [6.45, 7) is 5.77. The molecule has 1 aromatic heterocycles. The molecule has 35 heavy (non-hydrogen) atoms. The smallest absolute Gasteiger partial charge is 0.253 e. The van der Waals surface area contributed by atoms with Gasteiger partial charge in [-0.1, -0.05) is 49.4 Å². The van der Waals surface area contributed by atoms with Gasteiger partial charge in [0.2, 0.25) is 5.91 Å². The van der Waals surface area contributed by atoms with Crippen molar-refractivity contribution in [3.8, 4) is 0 Å². The molecular weight excluding hydrogens is 438 g/mol. The molecule has 182 valence electrons. The molecule has 2 amide bonds. The SMILES string of the molecule is CC1(C(=O)N2CCOC[C@H](Cc3cccc4cccnc34)C2)CCN(C(=O)c2ccccc2)CC1. The number of fused-ring (bicyclic) bond motifs is 1. The van der Waals surface area contributed by atoms with Gasteiger partial charge in [0, 0.05) is 54.7 Å². The molecule has 0 spiro atoms. The van der Waals surface area contributed by atoms with Crippen LogP contribution in [0.3, 0.4) is 0 Å². The van der Waals surface area contributed by atoms with Crippen molar-refractivity contribution in [2.75, 3.05) is 39.4 Å². The number of likely N-dealkylation sites (tertiary alicyclic amines) is 1. The molecule has 3 aromatic rings. The van der Waals surface area contributed by atoms with E-state index in [0.717, 1.165) is 17.3 Å². The Morgan fingerprint density at radius 2 is 1.74 bits per heavy atom. The highest BCUT2D eigenvalue weighted by Gasteiger charge is 2.41. The Morgan fingerprint density at radius 3 is 2.54 bits per heavy atom. The summed E-state index contributed by atoms with van der Waals surface area (Å²) in [5, 5.41) is 1.14. The van der Waals surface area contributed by atoms with E-state index in [0.29, 0.717) is 57.8 Å². The van der Waals surface area contributed by atoms with Gasteiger partial charge in [0.25, 0.3) is 5.91 Å². The van der Waals surface area contributed by atoms with Crippen molar-refractivity contribution in [2.24, 2.45) is 11.3 Å². The first-order valence-corrected chi connectivity index (χ1v) is 12.6. The van der Waals surface area contributed by atoms with Crippen molar-refractivity contribution in [1.29, 1.82) is 0 Å². The van der Waals surface area contributed by atoms with Crippen LogP contribution in [0.25, 0.3) is 10.9 Å². The second-order valence-corrected chi connectivity index (χ2v) is 10.1. The number of amides is 2. The highest BCUT2D eigenvalue weighted by Crippen LogP contribution is 2.34. The summed E-state index contributed by atoms with van der Waals surface area (Å²) in [4.78, 5) is 35.1. The first-order valence-electron chi connectivity index (χ1n) is 12.6. The largest absolute Gasteiger partial charge is 0.379 e. The van der Waals surface area contributed by atoms with Crippen LogP contribution >= 0.6 is 0 Å². The lowest BCUT2D eigenvalue weighted by Gasteiger charge is -2.41. The summed E-state index contributed by atoms with van der Waals surface area (Å²) in [7, 11) is 0. The summed E-state index contributed by atoms with van der Waals surface area (Å²) in [5.74, 6) is 0.459. The van der Waals surface area contributed by atoms with E-state index in [9.17, 15) is 9.59 Å². The third-order valence-electron chi connectivity index (χ3n) is 7.54. The van der Waals surface area contributed by atoms with Crippen LogP contribution in [-0.4, -0.2) is 66.0 Å². The van der Waals surface area contributed by atoms with Crippen LogP contribution in [-0.2, 0) is 16.0 Å². The topological polar surface area (TPSA) is 62.7 Å². The average molecular weight is 472 g/mol. The highest BCUT2D eigenvalue weighted by atomic mass is 16.5. The Balaban J connectivity index is 1.24. The van der Waals surface area contributed by atoms with E-state index in [1.54, 1.807) is 0 Å². The lowest BCUT2D eigenvalue weighted by atomic mass is 9.78. The van der Waals surface area contributed by atoms with E-state index >= 15 is 0 Å². The molecule has 5 rings (SSSR count). The first kappa shape index (κ1) is 23.5. The predicted molar refractivity (Wildman–Crippen MR) is 136 cm³/mol. The van der Waals surface area contributed by atoms with Crippen molar-refractivity contribution in [2.45, 2.75) is 26.2 Å². The van der Waals surface area contributed by atoms with E-state index in [-0.39, 0.29) is 17.7 Å². The molecule has 0 aliphatic carbocycles. The molecule has 2 fully saturated rings. The molecule has 0 bridgehead atoms. The van der Waals surface area contributed by atoms with Gasteiger partial charge in [-0.2, -0.15) is 0 Å². The van der Waals surface area contributed by atoms with Crippen molar-refractivity contribution in [1.82, 2.24) is 14.8 Å². The zero-order valence-corrected chi connectivity index (χ0v) is 20.4. The van der Waals surface area contributed by atoms with E-state index in [1.165, 1.54) is 5.56 Å². The normalized spacial score (nSPS) is 20.4. The molecule has 2 aliphatic rings. The number of pyridine rings is 1. The van der Waals surface area contributed by atoms with Crippen LogP contribution in [0.4, 0.5) is 0 Å². The number of nitrogens with zero attached hydrogens (tertiary/aromatic N) is 3. The molecule has 0 saturated carbocycles. The summed E-state index contributed by atoms with van der Waals surface area (Å²) >= 11 is 0. The summed E-state index contributed by atoms with van der Waals surface area (Å²) in [6.07, 6.45) is 4.02. The molecular formula is C29H33N3O3. The van der Waals surface area contributed by atoms with Crippen LogP contribution in [0.2, 0.25) is 0 Å². The minimum absolute atomic E-state index is 0.0482. The molecule has 0 unspecified atom stereocenters. The fraction of sp³-hybridized carbons (Fsp3) is 0.414. The highest BCUT2D eigenvalue weighted by molar-refractivity contribution is 5.94. The Labute approximate surface area is 206 Å². The van der Waals surface area contributed by atoms with Crippen LogP contribution in [0.1, 0.15) is 35.7 Å². The number of piperidine rings is 1. The number of hydrogen-bond donors (Lipinski definition) is 0. The Bertz CT molecular complexity index is 1180. The van der Waals surface area contributed by atoms with E-state index in [1.807, 2.05) is 52.4 Å². The number of rotatable bonds is 4. The van der Waals surface area contributed by atoms with Gasteiger partial charge in [-0.15, -0.1) is 0 Å².